The molecule has 1 amide bonds. The van der Waals surface area contributed by atoms with Crippen LogP contribution < -0.4 is 9.47 Å². The van der Waals surface area contributed by atoms with Gasteiger partial charge in [-0.15, -0.1) is 0 Å². The van der Waals surface area contributed by atoms with Crippen LogP contribution >= 0.6 is 0 Å². The predicted molar refractivity (Wildman–Crippen MR) is 108 cm³/mol. The van der Waals surface area contributed by atoms with E-state index in [1.807, 2.05) is 30.3 Å². The number of hydrogen-bond acceptors (Lipinski definition) is 5. The molecule has 0 unspecified atom stereocenters. The smallest absolute Gasteiger partial charge is 0.222 e. The molecule has 0 saturated carbocycles. The number of amides is 1. The highest BCUT2D eigenvalue weighted by Crippen LogP contribution is 2.16. The van der Waals surface area contributed by atoms with Crippen molar-refractivity contribution in [2.75, 3.05) is 33.1 Å². The molecule has 0 bridgehead atoms. The van der Waals surface area contributed by atoms with Crippen molar-refractivity contribution in [2.24, 2.45) is 0 Å². The van der Waals surface area contributed by atoms with Gasteiger partial charge in [-0.3, -0.25) is 4.79 Å². The molecule has 0 N–H and O–H groups in total. The summed E-state index contributed by atoms with van der Waals surface area (Å²) in [4.78, 5) is 14.1. The van der Waals surface area contributed by atoms with Gasteiger partial charge >= 0.3 is 0 Å². The van der Waals surface area contributed by atoms with Gasteiger partial charge in [-0.1, -0.05) is 18.2 Å². The van der Waals surface area contributed by atoms with E-state index in [0.717, 1.165) is 12.2 Å². The third-order valence-electron chi connectivity index (χ3n) is 4.13. The van der Waals surface area contributed by atoms with E-state index < -0.39 is 9.84 Å². The van der Waals surface area contributed by atoms with Crippen LogP contribution in [0.25, 0.3) is 0 Å². The highest BCUT2D eigenvalue weighted by atomic mass is 32.2. The van der Waals surface area contributed by atoms with Gasteiger partial charge < -0.3 is 14.4 Å². The minimum atomic E-state index is -3.21. The summed E-state index contributed by atoms with van der Waals surface area (Å²) in [6.45, 7) is 1.60. The van der Waals surface area contributed by atoms with Crippen LogP contribution in [0, 0.1) is 0 Å². The first-order valence-electron chi connectivity index (χ1n) is 9.21. The molecule has 0 fully saturated rings. The molecule has 2 aromatic rings. The normalized spacial score (nSPS) is 11.1. The van der Waals surface area contributed by atoms with Crippen LogP contribution in [0.1, 0.15) is 19.3 Å². The Hall–Kier alpha value is -2.54. The second kappa shape index (κ2) is 10.7. The predicted octanol–water partition coefficient (Wildman–Crippen LogP) is 3.18. The maximum atomic E-state index is 12.1. The zero-order valence-corrected chi connectivity index (χ0v) is 17.2. The highest BCUT2D eigenvalue weighted by Gasteiger charge is 2.09. The summed E-state index contributed by atoms with van der Waals surface area (Å²) >= 11 is 0. The van der Waals surface area contributed by atoms with Crippen LogP contribution in [-0.4, -0.2) is 52.3 Å². The molecule has 7 heteroatoms. The zero-order valence-electron chi connectivity index (χ0n) is 16.3. The van der Waals surface area contributed by atoms with Crippen LogP contribution in [0.5, 0.6) is 11.5 Å². The van der Waals surface area contributed by atoms with Gasteiger partial charge in [0.1, 0.15) is 11.5 Å². The molecular formula is C21H27NO5S. The van der Waals surface area contributed by atoms with Gasteiger partial charge in [0.15, 0.2) is 9.84 Å². The van der Waals surface area contributed by atoms with Crippen molar-refractivity contribution in [3.05, 3.63) is 54.6 Å². The fourth-order valence-corrected chi connectivity index (χ4v) is 3.15. The summed E-state index contributed by atoms with van der Waals surface area (Å²) in [5.41, 5.74) is 0. The summed E-state index contributed by atoms with van der Waals surface area (Å²) in [5.74, 6) is 1.49. The van der Waals surface area contributed by atoms with E-state index in [2.05, 4.69) is 0 Å². The molecule has 0 aliphatic carbocycles. The highest BCUT2D eigenvalue weighted by molar-refractivity contribution is 7.90. The number of ether oxygens (including phenoxy) is 2. The van der Waals surface area contributed by atoms with Gasteiger partial charge in [0.05, 0.1) is 18.1 Å². The van der Waals surface area contributed by atoms with Crippen molar-refractivity contribution in [1.29, 1.82) is 0 Å². The van der Waals surface area contributed by atoms with E-state index in [0.29, 0.717) is 38.3 Å². The van der Waals surface area contributed by atoms with E-state index in [4.69, 9.17) is 9.47 Å². The molecule has 0 spiro atoms. The number of para-hydroxylation sites is 1. The number of rotatable bonds is 11. The molecule has 2 rings (SSSR count). The molecule has 0 saturated heterocycles. The van der Waals surface area contributed by atoms with Gasteiger partial charge in [0.25, 0.3) is 0 Å². The standard InChI is InChI=1S/C21H27NO5S/c1-22(15-7-17-27-18-8-4-3-5-9-18)21(23)10-6-16-26-19-11-13-20(14-12-19)28(2,24)25/h3-5,8-9,11-14H,6-7,10,15-17H2,1-2H3. The van der Waals surface area contributed by atoms with Gasteiger partial charge in [-0.25, -0.2) is 8.42 Å². The third-order valence-corrected chi connectivity index (χ3v) is 5.26. The van der Waals surface area contributed by atoms with Crippen molar-refractivity contribution in [1.82, 2.24) is 4.90 Å². The van der Waals surface area contributed by atoms with Crippen LogP contribution in [0.4, 0.5) is 0 Å². The quantitative estimate of drug-likeness (QED) is 0.537. The Labute approximate surface area is 167 Å². The lowest BCUT2D eigenvalue weighted by Gasteiger charge is -2.17. The third kappa shape index (κ3) is 7.60. The second-order valence-electron chi connectivity index (χ2n) is 6.53. The molecule has 6 nitrogen and oxygen atoms in total. The molecule has 0 atom stereocenters. The minimum Gasteiger partial charge on any atom is -0.494 e. The Morgan fingerprint density at radius 1 is 0.893 bits per heavy atom. The molecule has 2 aromatic carbocycles. The lowest BCUT2D eigenvalue weighted by atomic mass is 10.3. The summed E-state index contributed by atoms with van der Waals surface area (Å²) in [6.07, 6.45) is 2.92. The lowest BCUT2D eigenvalue weighted by molar-refractivity contribution is -0.130. The second-order valence-corrected chi connectivity index (χ2v) is 8.54. The van der Waals surface area contributed by atoms with E-state index in [-0.39, 0.29) is 10.8 Å². The number of benzene rings is 2. The monoisotopic (exact) mass is 405 g/mol. The van der Waals surface area contributed by atoms with E-state index in [1.54, 1.807) is 24.1 Å². The van der Waals surface area contributed by atoms with Gasteiger partial charge in [0, 0.05) is 26.3 Å². The maximum Gasteiger partial charge on any atom is 0.222 e. The fourth-order valence-electron chi connectivity index (χ4n) is 2.52. The van der Waals surface area contributed by atoms with E-state index in [1.165, 1.54) is 18.4 Å². The largest absolute Gasteiger partial charge is 0.494 e. The first kappa shape index (κ1) is 21.8. The Balaban J connectivity index is 1.59. The SMILES string of the molecule is CN(CCCOc1ccccc1)C(=O)CCCOc1ccc(S(C)(=O)=O)cc1. The average molecular weight is 406 g/mol. The summed E-state index contributed by atoms with van der Waals surface area (Å²) in [7, 11) is -1.42. The first-order chi connectivity index (χ1) is 13.4. The minimum absolute atomic E-state index is 0.0655. The molecular weight excluding hydrogens is 378 g/mol. The van der Waals surface area contributed by atoms with Crippen molar-refractivity contribution in [3.63, 3.8) is 0 Å². The lowest BCUT2D eigenvalue weighted by Crippen LogP contribution is -2.28. The molecule has 0 heterocycles. The van der Waals surface area contributed by atoms with Gasteiger partial charge in [0.2, 0.25) is 5.91 Å². The summed E-state index contributed by atoms with van der Waals surface area (Å²) < 4.78 is 34.0. The van der Waals surface area contributed by atoms with Gasteiger partial charge in [-0.05, 0) is 49.2 Å². The van der Waals surface area contributed by atoms with Crippen molar-refractivity contribution >= 4 is 15.7 Å². The summed E-state index contributed by atoms with van der Waals surface area (Å²) in [6, 6.07) is 15.9. The van der Waals surface area contributed by atoms with Crippen LogP contribution in [0.15, 0.2) is 59.5 Å². The Morgan fingerprint density at radius 3 is 2.07 bits per heavy atom. The van der Waals surface area contributed by atoms with E-state index >= 15 is 0 Å². The number of hydrogen-bond donors (Lipinski definition) is 0. The Kier molecular flexibility index (Phi) is 8.32. The average Bonchev–Trinajstić information content (AvgIpc) is 2.68. The topological polar surface area (TPSA) is 72.9 Å². The number of carbonyl (C=O) groups excluding carboxylic acids is 1. The molecule has 152 valence electrons. The Bertz CT molecular complexity index is 835. The van der Waals surface area contributed by atoms with Crippen molar-refractivity contribution in [2.45, 2.75) is 24.2 Å². The van der Waals surface area contributed by atoms with Crippen LogP contribution in [0.3, 0.4) is 0 Å². The molecule has 0 aromatic heterocycles. The maximum absolute atomic E-state index is 12.1. The number of carbonyl (C=O) groups is 1. The molecule has 0 radical (unpaired) electrons. The molecule has 0 aliphatic heterocycles. The van der Waals surface area contributed by atoms with Crippen LogP contribution in [-0.2, 0) is 14.6 Å². The zero-order chi connectivity index (χ0) is 20.4. The van der Waals surface area contributed by atoms with Crippen molar-refractivity contribution in [3.8, 4) is 11.5 Å². The van der Waals surface area contributed by atoms with Crippen LogP contribution in [0.2, 0.25) is 0 Å². The number of nitrogens with zero attached hydrogens (tertiary/aromatic N) is 1. The van der Waals surface area contributed by atoms with E-state index in [9.17, 15) is 13.2 Å². The molecule has 28 heavy (non-hydrogen) atoms. The van der Waals surface area contributed by atoms with Crippen molar-refractivity contribution < 1.29 is 22.7 Å². The fraction of sp³-hybridized carbons (Fsp3) is 0.381. The number of sulfone groups is 1. The summed E-state index contributed by atoms with van der Waals surface area (Å²) in [5, 5.41) is 0. The Morgan fingerprint density at radius 2 is 1.46 bits per heavy atom. The molecule has 0 aliphatic rings. The van der Waals surface area contributed by atoms with Gasteiger partial charge in [-0.2, -0.15) is 0 Å². The first-order valence-corrected chi connectivity index (χ1v) is 11.1.